The molecule has 0 radical (unpaired) electrons. The van der Waals surface area contributed by atoms with E-state index in [1.165, 1.54) is 36.4 Å². The Morgan fingerprint density at radius 2 is 1.47 bits per heavy atom. The number of phenols is 1. The first kappa shape index (κ1) is 50.7. The van der Waals surface area contributed by atoms with Crippen molar-refractivity contribution in [2.24, 2.45) is 10.2 Å². The quantitative estimate of drug-likeness (QED) is 0.0195. The van der Waals surface area contributed by atoms with Crippen molar-refractivity contribution in [1.82, 2.24) is 15.0 Å². The Bertz CT molecular complexity index is 2120. The van der Waals surface area contributed by atoms with Crippen LogP contribution in [0.25, 0.3) is 10.8 Å². The summed E-state index contributed by atoms with van der Waals surface area (Å²) in [6.07, 6.45) is 0. The third-order valence-electron chi connectivity index (χ3n) is 6.18. The van der Waals surface area contributed by atoms with Crippen LogP contribution in [0.4, 0.5) is 40.3 Å². The van der Waals surface area contributed by atoms with E-state index in [-0.39, 0.29) is 175 Å². The van der Waals surface area contributed by atoms with Crippen molar-refractivity contribution in [2.75, 3.05) is 21.8 Å². The van der Waals surface area contributed by atoms with Gasteiger partial charge in [-0.25, -0.2) is 8.42 Å². The SMILES string of the molecule is Cc1ccc(Nc2nc(Cl)nc(Nc3ccc(SOO[O-])c(N=Nc4c(NCS(=O)(=O)[O-])ccc5cc(SOO[O-])cc(O)c45)c3)n2)cc1.[Na+].[Na+].[Na+].[U]. The molecule has 18 nitrogen and oxygen atoms in total. The van der Waals surface area contributed by atoms with Crippen molar-refractivity contribution >= 4 is 96.9 Å². The number of rotatable bonds is 15. The number of nitrogens with one attached hydrogen (secondary N) is 3. The first-order chi connectivity index (χ1) is 23.5. The topological polar surface area (TPSA) is 260 Å². The number of hydrogen-bond donors (Lipinski definition) is 4. The minimum atomic E-state index is -4.73. The van der Waals surface area contributed by atoms with Crippen LogP contribution in [0, 0.1) is 38.0 Å². The molecule has 260 valence electrons. The van der Waals surface area contributed by atoms with Gasteiger partial charge < -0.3 is 36.1 Å². The number of fused-ring (bicyclic) bond motifs is 1. The smallest absolute Gasteiger partial charge is 0.747 e. The molecule has 4 aromatic carbocycles. The first-order valence-corrected chi connectivity index (χ1v) is 16.8. The molecule has 0 aliphatic carbocycles. The van der Waals surface area contributed by atoms with E-state index in [1.807, 2.05) is 31.2 Å². The molecule has 0 spiro atoms. The molecular weight excluding hydrogens is 1030 g/mol. The van der Waals surface area contributed by atoms with Crippen LogP contribution >= 0.6 is 35.7 Å². The van der Waals surface area contributed by atoms with Crippen LogP contribution in [-0.4, -0.2) is 38.9 Å². The maximum atomic E-state index is 11.4. The largest absolute Gasteiger partial charge is 1.00 e. The van der Waals surface area contributed by atoms with Gasteiger partial charge in [0.1, 0.15) is 33.1 Å². The second-order valence-corrected chi connectivity index (χ2v) is 12.8. The summed E-state index contributed by atoms with van der Waals surface area (Å²) >= 11 is 7.19. The van der Waals surface area contributed by atoms with Gasteiger partial charge in [-0.1, -0.05) is 23.8 Å². The Morgan fingerprint density at radius 1 is 0.849 bits per heavy atom. The summed E-state index contributed by atoms with van der Waals surface area (Å²) in [7, 11) is -4.73. The van der Waals surface area contributed by atoms with Gasteiger partial charge in [0, 0.05) is 47.4 Å². The number of nitrogens with zero attached hydrogens (tertiary/aromatic N) is 5. The molecule has 0 aliphatic rings. The number of phenolic OH excluding ortho intramolecular Hbond substituents is 1. The molecule has 5 aromatic rings. The minimum Gasteiger partial charge on any atom is -0.747 e. The zero-order chi connectivity index (χ0) is 35.0. The molecule has 1 aromatic heterocycles. The van der Waals surface area contributed by atoms with Crippen molar-refractivity contribution in [3.8, 4) is 5.75 Å². The van der Waals surface area contributed by atoms with Crippen LogP contribution in [0.5, 0.6) is 5.75 Å². The molecule has 0 bridgehead atoms. The standard InChI is InChI=1S/C27H23ClN8O10S3.3Na.U/c1-14-2-5-16(6-3-14)30-26-32-25(28)33-27(34-26)31-17-7-9-22(48-46-44-39)20(11-17)35-36-24-19(29-13-49(40,41)42)8-4-15-10-18(47-45-43-38)12-21(37)23(15)24;;;;/h2-12,29,37-39H,13H2,1H3,(H,40,41,42)(H2,30,31,32,33,34);;;;/q;3*+1;/p-3. The first-order valence-electron chi connectivity index (χ1n) is 13.3. The number of aryl methyl sites for hydroxylation is 1. The molecular formula is C27H20ClN8Na3O10S3U. The second kappa shape index (κ2) is 24.4. The van der Waals surface area contributed by atoms with Gasteiger partial charge in [0.25, 0.3) is 0 Å². The Balaban J connectivity index is 0.00000351. The van der Waals surface area contributed by atoms with Gasteiger partial charge in [-0.3, -0.25) is 10.1 Å². The molecule has 4 N–H and O–H groups in total. The van der Waals surface area contributed by atoms with Crippen LogP contribution in [-0.2, 0) is 28.9 Å². The van der Waals surface area contributed by atoms with Crippen LogP contribution < -0.4 is 115 Å². The molecule has 0 saturated carbocycles. The van der Waals surface area contributed by atoms with Crippen molar-refractivity contribution in [3.63, 3.8) is 0 Å². The molecule has 26 heteroatoms. The van der Waals surface area contributed by atoms with Crippen molar-refractivity contribution in [3.05, 3.63) is 77.6 Å². The monoisotopic (exact) mass is 1050 g/mol. The Kier molecular flexibility index (Phi) is 23.4. The Hall–Kier alpha value is -0.338. The van der Waals surface area contributed by atoms with E-state index >= 15 is 0 Å². The van der Waals surface area contributed by atoms with E-state index in [9.17, 15) is 28.6 Å². The molecule has 0 atom stereocenters. The normalized spacial score (nSPS) is 10.8. The molecule has 0 unspecified atom stereocenters. The summed E-state index contributed by atoms with van der Waals surface area (Å²) in [5.41, 5.74) is 2.16. The summed E-state index contributed by atoms with van der Waals surface area (Å²) in [5, 5.41) is 55.9. The summed E-state index contributed by atoms with van der Waals surface area (Å²) in [6.45, 7) is 1.95. The van der Waals surface area contributed by atoms with Crippen LogP contribution in [0.15, 0.2) is 86.7 Å². The Labute approximate surface area is 405 Å². The van der Waals surface area contributed by atoms with Crippen molar-refractivity contribution in [2.45, 2.75) is 16.7 Å². The number of aromatic hydroxyl groups is 1. The summed E-state index contributed by atoms with van der Waals surface area (Å²) in [6, 6.07) is 17.7. The third kappa shape index (κ3) is 15.5. The number of azo groups is 1. The fourth-order valence-electron chi connectivity index (χ4n) is 4.17. The van der Waals surface area contributed by atoms with E-state index < -0.39 is 16.0 Å². The predicted octanol–water partition coefficient (Wildman–Crippen LogP) is -4.02. The van der Waals surface area contributed by atoms with Gasteiger partial charge in [0.05, 0.1) is 40.1 Å². The average Bonchev–Trinajstić information content (AvgIpc) is 3.05. The third-order valence-corrected chi connectivity index (χ3v) is 8.05. The van der Waals surface area contributed by atoms with E-state index in [1.54, 1.807) is 6.07 Å². The van der Waals surface area contributed by atoms with Gasteiger partial charge >= 0.3 is 88.7 Å². The van der Waals surface area contributed by atoms with E-state index in [2.05, 4.69) is 59.9 Å². The van der Waals surface area contributed by atoms with Gasteiger partial charge in [0.15, 0.2) is 0 Å². The average molecular weight is 1060 g/mol. The molecule has 53 heavy (non-hydrogen) atoms. The van der Waals surface area contributed by atoms with Gasteiger partial charge in [-0.2, -0.15) is 23.6 Å². The molecule has 0 fully saturated rings. The number of aromatic nitrogens is 3. The second-order valence-electron chi connectivity index (χ2n) is 9.57. The van der Waals surface area contributed by atoms with Crippen molar-refractivity contribution < 1.29 is 167 Å². The summed E-state index contributed by atoms with van der Waals surface area (Å²) in [5.74, 6) is -1.16. The zero-order valence-corrected chi connectivity index (χ0v) is 41.4. The molecule has 5 rings (SSSR count). The molecule has 0 amide bonds. The van der Waals surface area contributed by atoms with Crippen LogP contribution in [0.1, 0.15) is 5.56 Å². The van der Waals surface area contributed by atoms with Crippen molar-refractivity contribution in [1.29, 1.82) is 0 Å². The molecule has 0 aliphatic heterocycles. The summed E-state index contributed by atoms with van der Waals surface area (Å²) in [4.78, 5) is 13.0. The van der Waals surface area contributed by atoms with Gasteiger partial charge in [0.2, 0.25) is 17.2 Å². The maximum absolute atomic E-state index is 11.4. The van der Waals surface area contributed by atoms with Crippen LogP contribution in [0.3, 0.4) is 0 Å². The van der Waals surface area contributed by atoms with E-state index in [0.29, 0.717) is 40.8 Å². The van der Waals surface area contributed by atoms with Gasteiger partial charge in [-0.05, 0) is 72.4 Å². The number of anilines is 5. The molecule has 1 heterocycles. The minimum absolute atomic E-state index is 0. The zero-order valence-electron chi connectivity index (χ0n) is 28.0. The molecule has 0 saturated heterocycles. The Morgan fingerprint density at radius 3 is 2.11 bits per heavy atom. The van der Waals surface area contributed by atoms with E-state index in [4.69, 9.17) is 11.6 Å². The number of halogens is 1. The fourth-order valence-corrected chi connectivity index (χ4v) is 5.51. The maximum Gasteiger partial charge on any atom is 1.00 e. The number of benzene rings is 4. The van der Waals surface area contributed by atoms with Gasteiger partial charge in [-0.15, -0.1) is 10.2 Å². The summed E-state index contributed by atoms with van der Waals surface area (Å²) < 4.78 is 43.0. The van der Waals surface area contributed by atoms with Crippen LogP contribution in [0.2, 0.25) is 5.28 Å². The van der Waals surface area contributed by atoms with E-state index in [0.717, 1.165) is 5.56 Å². The fraction of sp³-hybridized carbons (Fsp3) is 0.0741. The predicted molar refractivity (Wildman–Crippen MR) is 173 cm³/mol. The number of hydrogen-bond acceptors (Lipinski definition) is 20.